The Bertz CT molecular complexity index is 773. The molecule has 2 rings (SSSR count). The van der Waals surface area contributed by atoms with Crippen molar-refractivity contribution in [2.45, 2.75) is 0 Å². The highest BCUT2D eigenvalue weighted by molar-refractivity contribution is 6.34. The molecular weight excluding hydrogens is 328 g/mol. The molecule has 0 aliphatic rings. The lowest BCUT2D eigenvalue weighted by Gasteiger charge is -2.07. The molecule has 1 heterocycles. The molecule has 0 aliphatic heterocycles. The Hall–Kier alpha value is -2.94. The number of carbonyl (C=O) groups is 2. The van der Waals surface area contributed by atoms with E-state index in [1.807, 2.05) is 0 Å². The van der Waals surface area contributed by atoms with E-state index >= 15 is 0 Å². The number of non-ortho nitro benzene ring substituents is 1. The van der Waals surface area contributed by atoms with Crippen molar-refractivity contribution in [3.63, 3.8) is 0 Å². The number of nitro benzene ring substituents is 1. The molecule has 1 aromatic heterocycles. The van der Waals surface area contributed by atoms with Crippen molar-refractivity contribution in [2.75, 3.05) is 11.9 Å². The lowest BCUT2D eigenvalue weighted by molar-refractivity contribution is -0.384. The lowest BCUT2D eigenvalue weighted by atomic mass is 10.3. The van der Waals surface area contributed by atoms with E-state index in [1.54, 1.807) is 7.05 Å². The van der Waals surface area contributed by atoms with Crippen molar-refractivity contribution >= 4 is 34.9 Å². The third kappa shape index (κ3) is 4.27. The quantitative estimate of drug-likeness (QED) is 0.504. The minimum Gasteiger partial charge on any atom is -0.452 e. The van der Waals surface area contributed by atoms with Crippen LogP contribution in [0.25, 0.3) is 0 Å². The van der Waals surface area contributed by atoms with Gasteiger partial charge in [0.2, 0.25) is 0 Å². The summed E-state index contributed by atoms with van der Waals surface area (Å²) in [6.07, 6.45) is 2.76. The van der Waals surface area contributed by atoms with Crippen molar-refractivity contribution in [1.29, 1.82) is 0 Å². The molecule has 9 nitrogen and oxygen atoms in total. The van der Waals surface area contributed by atoms with Crippen LogP contribution in [-0.4, -0.2) is 33.2 Å². The van der Waals surface area contributed by atoms with Crippen LogP contribution >= 0.6 is 11.6 Å². The topological polar surface area (TPSA) is 116 Å². The van der Waals surface area contributed by atoms with Gasteiger partial charge in [-0.25, -0.2) is 4.79 Å². The van der Waals surface area contributed by atoms with Crippen LogP contribution in [-0.2, 0) is 16.6 Å². The summed E-state index contributed by atoms with van der Waals surface area (Å²) in [5, 5.41) is 16.8. The minimum absolute atomic E-state index is 0.00568. The number of halogens is 1. The van der Waals surface area contributed by atoms with Crippen LogP contribution in [0, 0.1) is 10.1 Å². The third-order valence-electron chi connectivity index (χ3n) is 2.71. The average molecular weight is 339 g/mol. The predicted molar refractivity (Wildman–Crippen MR) is 80.2 cm³/mol. The van der Waals surface area contributed by atoms with E-state index in [-0.39, 0.29) is 22.0 Å². The maximum atomic E-state index is 11.7. The average Bonchev–Trinajstić information content (AvgIpc) is 2.93. The van der Waals surface area contributed by atoms with Crippen LogP contribution in [0.15, 0.2) is 30.6 Å². The number of ether oxygens (including phenoxy) is 1. The first-order valence-electron chi connectivity index (χ1n) is 6.26. The summed E-state index contributed by atoms with van der Waals surface area (Å²) in [6, 6.07) is 3.60. The van der Waals surface area contributed by atoms with Crippen molar-refractivity contribution < 1.29 is 19.2 Å². The van der Waals surface area contributed by atoms with Crippen LogP contribution < -0.4 is 5.32 Å². The minimum atomic E-state index is -0.692. The second kappa shape index (κ2) is 6.88. The van der Waals surface area contributed by atoms with Crippen molar-refractivity contribution in [3.05, 3.63) is 51.3 Å². The highest BCUT2D eigenvalue weighted by atomic mass is 35.5. The number of aryl methyl sites for hydroxylation is 1. The molecule has 1 N–H and O–H groups in total. The highest BCUT2D eigenvalue weighted by Crippen LogP contribution is 2.26. The Morgan fingerprint density at radius 1 is 1.48 bits per heavy atom. The van der Waals surface area contributed by atoms with Gasteiger partial charge in [0.1, 0.15) is 0 Å². The van der Waals surface area contributed by atoms with Gasteiger partial charge in [-0.3, -0.25) is 19.6 Å². The fraction of sp³-hybridized carbons (Fsp3) is 0.154. The van der Waals surface area contributed by atoms with E-state index in [0.717, 1.165) is 6.07 Å². The summed E-state index contributed by atoms with van der Waals surface area (Å²) in [5.41, 5.74) is 0.198. The number of nitrogens with one attached hydrogen (secondary N) is 1. The standard InChI is InChI=1S/C13H11ClN4O5/c1-17-6-8(5-15-17)13(20)23-7-12(19)16-11-3-2-9(18(21)22)4-10(11)14/h2-6H,7H2,1H3,(H,16,19). The van der Waals surface area contributed by atoms with Crippen molar-refractivity contribution in [2.24, 2.45) is 7.05 Å². The van der Waals surface area contributed by atoms with Gasteiger partial charge in [-0.05, 0) is 6.07 Å². The van der Waals surface area contributed by atoms with Gasteiger partial charge in [0.15, 0.2) is 6.61 Å². The summed E-state index contributed by atoms with van der Waals surface area (Å²) >= 11 is 5.84. The molecule has 120 valence electrons. The molecule has 2 aromatic rings. The Morgan fingerprint density at radius 2 is 2.22 bits per heavy atom. The third-order valence-corrected chi connectivity index (χ3v) is 3.03. The summed E-state index contributed by atoms with van der Waals surface area (Å²) < 4.78 is 6.25. The molecule has 10 heteroatoms. The number of carbonyl (C=O) groups excluding carboxylic acids is 2. The summed E-state index contributed by atoms with van der Waals surface area (Å²) in [6.45, 7) is -0.527. The number of aromatic nitrogens is 2. The van der Waals surface area contributed by atoms with Crippen LogP contribution in [0.1, 0.15) is 10.4 Å². The number of anilines is 1. The van der Waals surface area contributed by atoms with E-state index in [2.05, 4.69) is 10.4 Å². The maximum absolute atomic E-state index is 11.7. The number of hydrogen-bond acceptors (Lipinski definition) is 6. The number of esters is 1. The van der Waals surface area contributed by atoms with Crippen LogP contribution in [0.2, 0.25) is 5.02 Å². The Labute approximate surface area is 134 Å². The van der Waals surface area contributed by atoms with Crippen molar-refractivity contribution in [3.8, 4) is 0 Å². The largest absolute Gasteiger partial charge is 0.452 e. The normalized spacial score (nSPS) is 10.2. The first-order chi connectivity index (χ1) is 10.9. The molecule has 0 saturated heterocycles. The van der Waals surface area contributed by atoms with Gasteiger partial charge in [0, 0.05) is 25.4 Å². The SMILES string of the molecule is Cn1cc(C(=O)OCC(=O)Nc2ccc([N+](=O)[O-])cc2Cl)cn1. The van der Waals surface area contributed by atoms with Gasteiger partial charge < -0.3 is 10.1 Å². The number of amides is 1. The van der Waals surface area contributed by atoms with E-state index < -0.39 is 23.4 Å². The van der Waals surface area contributed by atoms with Gasteiger partial charge in [-0.15, -0.1) is 0 Å². The van der Waals surface area contributed by atoms with Crippen LogP contribution in [0.3, 0.4) is 0 Å². The second-order valence-corrected chi connectivity index (χ2v) is 4.86. The molecule has 0 atom stereocenters. The fourth-order valence-corrected chi connectivity index (χ4v) is 1.87. The van der Waals surface area contributed by atoms with Gasteiger partial charge in [0.25, 0.3) is 11.6 Å². The molecule has 0 fully saturated rings. The highest BCUT2D eigenvalue weighted by Gasteiger charge is 2.14. The number of nitro groups is 1. The molecule has 23 heavy (non-hydrogen) atoms. The van der Waals surface area contributed by atoms with Gasteiger partial charge in [-0.2, -0.15) is 5.10 Å². The number of rotatable bonds is 5. The maximum Gasteiger partial charge on any atom is 0.341 e. The van der Waals surface area contributed by atoms with Crippen LogP contribution in [0.4, 0.5) is 11.4 Å². The Kier molecular flexibility index (Phi) is 4.91. The molecule has 0 radical (unpaired) electrons. The zero-order chi connectivity index (χ0) is 17.0. The monoisotopic (exact) mass is 338 g/mol. The molecule has 0 saturated carbocycles. The molecule has 1 aromatic carbocycles. The van der Waals surface area contributed by atoms with Gasteiger partial charge >= 0.3 is 5.97 Å². The predicted octanol–water partition coefficient (Wildman–Crippen LogP) is 1.78. The van der Waals surface area contributed by atoms with Gasteiger partial charge in [-0.1, -0.05) is 11.6 Å². The molecule has 0 aliphatic carbocycles. The molecular formula is C13H11ClN4O5. The van der Waals surface area contributed by atoms with E-state index in [1.165, 1.54) is 29.2 Å². The molecule has 1 amide bonds. The van der Waals surface area contributed by atoms with Gasteiger partial charge in [0.05, 0.1) is 27.4 Å². The fourth-order valence-electron chi connectivity index (χ4n) is 1.65. The Balaban J connectivity index is 1.92. The first-order valence-corrected chi connectivity index (χ1v) is 6.64. The first kappa shape index (κ1) is 16.4. The summed E-state index contributed by atoms with van der Waals surface area (Å²) in [7, 11) is 1.64. The lowest BCUT2D eigenvalue weighted by Crippen LogP contribution is -2.21. The molecule has 0 spiro atoms. The second-order valence-electron chi connectivity index (χ2n) is 4.45. The smallest absolute Gasteiger partial charge is 0.341 e. The number of hydrogen-bond donors (Lipinski definition) is 1. The zero-order valence-corrected chi connectivity index (χ0v) is 12.6. The van der Waals surface area contributed by atoms with E-state index in [4.69, 9.17) is 16.3 Å². The van der Waals surface area contributed by atoms with Crippen molar-refractivity contribution in [1.82, 2.24) is 9.78 Å². The molecule has 0 unspecified atom stereocenters. The summed E-state index contributed by atoms with van der Waals surface area (Å²) in [5.74, 6) is -1.32. The van der Waals surface area contributed by atoms with E-state index in [0.29, 0.717) is 0 Å². The zero-order valence-electron chi connectivity index (χ0n) is 11.9. The Morgan fingerprint density at radius 3 is 2.78 bits per heavy atom. The number of nitrogens with zero attached hydrogens (tertiary/aromatic N) is 3. The molecule has 0 bridgehead atoms. The summed E-state index contributed by atoms with van der Waals surface area (Å²) in [4.78, 5) is 33.4. The van der Waals surface area contributed by atoms with E-state index in [9.17, 15) is 19.7 Å². The number of benzene rings is 1. The van der Waals surface area contributed by atoms with Crippen LogP contribution in [0.5, 0.6) is 0 Å².